The standard InChI is InChI=1S/C11H7BrN2O5/c1-5-9(11(15)16)19-10(13-5)6-2-7(12)4-8(3-6)14(17)18/h2-4H,1H3,(H,15,16). The Morgan fingerprint density at radius 2 is 2.16 bits per heavy atom. The van der Waals surface area contributed by atoms with Gasteiger partial charge in [-0.2, -0.15) is 0 Å². The van der Waals surface area contributed by atoms with E-state index in [0.717, 1.165) is 0 Å². The van der Waals surface area contributed by atoms with Gasteiger partial charge >= 0.3 is 5.97 Å². The smallest absolute Gasteiger partial charge is 0.373 e. The summed E-state index contributed by atoms with van der Waals surface area (Å²) < 4.78 is 5.57. The van der Waals surface area contributed by atoms with Crippen LogP contribution in [0.4, 0.5) is 5.69 Å². The van der Waals surface area contributed by atoms with E-state index in [2.05, 4.69) is 20.9 Å². The van der Waals surface area contributed by atoms with E-state index in [1.54, 1.807) is 6.07 Å². The number of rotatable bonds is 3. The van der Waals surface area contributed by atoms with Crippen LogP contribution in [0.2, 0.25) is 0 Å². The van der Waals surface area contributed by atoms with Crippen LogP contribution in [0.25, 0.3) is 11.5 Å². The molecule has 0 unspecified atom stereocenters. The Hall–Kier alpha value is -2.22. The topological polar surface area (TPSA) is 106 Å². The van der Waals surface area contributed by atoms with Gasteiger partial charge in [0, 0.05) is 22.2 Å². The molecule has 8 heteroatoms. The molecule has 2 rings (SSSR count). The number of carboxylic acids is 1. The van der Waals surface area contributed by atoms with Crippen LogP contribution >= 0.6 is 15.9 Å². The molecule has 7 nitrogen and oxygen atoms in total. The van der Waals surface area contributed by atoms with Gasteiger partial charge < -0.3 is 9.52 Å². The highest BCUT2D eigenvalue weighted by Gasteiger charge is 2.19. The second-order valence-electron chi connectivity index (χ2n) is 3.69. The van der Waals surface area contributed by atoms with Gasteiger partial charge in [0.15, 0.2) is 0 Å². The van der Waals surface area contributed by atoms with Crippen LogP contribution in [-0.2, 0) is 0 Å². The number of halogens is 1. The van der Waals surface area contributed by atoms with Crippen molar-refractivity contribution in [3.05, 3.63) is 44.2 Å². The zero-order valence-corrected chi connectivity index (χ0v) is 11.2. The van der Waals surface area contributed by atoms with Crippen molar-refractivity contribution in [3.63, 3.8) is 0 Å². The summed E-state index contributed by atoms with van der Waals surface area (Å²) in [7, 11) is 0. The van der Waals surface area contributed by atoms with E-state index in [9.17, 15) is 14.9 Å². The third kappa shape index (κ3) is 2.63. The van der Waals surface area contributed by atoms with Crippen LogP contribution in [0.3, 0.4) is 0 Å². The summed E-state index contributed by atoms with van der Waals surface area (Å²) in [5.74, 6) is -1.49. The zero-order chi connectivity index (χ0) is 14.2. The average molecular weight is 327 g/mol. The first-order valence-electron chi connectivity index (χ1n) is 5.04. The van der Waals surface area contributed by atoms with Gasteiger partial charge in [0.1, 0.15) is 0 Å². The SMILES string of the molecule is Cc1nc(-c2cc(Br)cc([N+](=O)[O-])c2)oc1C(=O)O. The lowest BCUT2D eigenvalue weighted by atomic mass is 10.2. The lowest BCUT2D eigenvalue weighted by Crippen LogP contribution is -1.95. The third-order valence-electron chi connectivity index (χ3n) is 2.33. The predicted octanol–water partition coefficient (Wildman–Crippen LogP) is 3.02. The third-order valence-corrected chi connectivity index (χ3v) is 2.79. The molecule has 0 saturated carbocycles. The van der Waals surface area contributed by atoms with Gasteiger partial charge in [-0.25, -0.2) is 9.78 Å². The molecule has 0 atom stereocenters. The molecule has 1 aromatic heterocycles. The molecule has 0 aliphatic rings. The molecule has 1 aromatic carbocycles. The summed E-state index contributed by atoms with van der Waals surface area (Å²) in [6.07, 6.45) is 0. The van der Waals surface area contributed by atoms with Crippen molar-refractivity contribution in [2.45, 2.75) is 6.92 Å². The van der Waals surface area contributed by atoms with E-state index in [1.807, 2.05) is 0 Å². The van der Waals surface area contributed by atoms with Crippen LogP contribution < -0.4 is 0 Å². The number of carboxylic acid groups (broad SMARTS) is 1. The lowest BCUT2D eigenvalue weighted by molar-refractivity contribution is -0.384. The van der Waals surface area contributed by atoms with Crippen LogP contribution in [0, 0.1) is 17.0 Å². The normalized spacial score (nSPS) is 10.4. The van der Waals surface area contributed by atoms with E-state index < -0.39 is 10.9 Å². The van der Waals surface area contributed by atoms with Crippen molar-refractivity contribution < 1.29 is 19.2 Å². The summed E-state index contributed by atoms with van der Waals surface area (Å²) in [5, 5.41) is 19.6. The molecule has 1 heterocycles. The van der Waals surface area contributed by atoms with E-state index >= 15 is 0 Å². The summed E-state index contributed by atoms with van der Waals surface area (Å²) in [5.41, 5.74) is 0.402. The van der Waals surface area contributed by atoms with Crippen LogP contribution in [0.1, 0.15) is 16.2 Å². The summed E-state index contributed by atoms with van der Waals surface area (Å²) in [4.78, 5) is 25.0. The van der Waals surface area contributed by atoms with Gasteiger partial charge in [0.2, 0.25) is 11.7 Å². The van der Waals surface area contributed by atoms with Gasteiger partial charge in [-0.05, 0) is 13.0 Å². The van der Waals surface area contributed by atoms with Crippen LogP contribution in [-0.4, -0.2) is 21.0 Å². The monoisotopic (exact) mass is 326 g/mol. The maximum absolute atomic E-state index is 10.9. The van der Waals surface area contributed by atoms with Gasteiger partial charge in [-0.1, -0.05) is 15.9 Å². The van der Waals surface area contributed by atoms with Crippen molar-refractivity contribution in [1.82, 2.24) is 4.98 Å². The molecule has 0 aliphatic heterocycles. The Labute approximate surface area is 115 Å². The molecular weight excluding hydrogens is 320 g/mol. The van der Waals surface area contributed by atoms with E-state index in [-0.39, 0.29) is 23.0 Å². The minimum Gasteiger partial charge on any atom is -0.475 e. The average Bonchev–Trinajstić information content (AvgIpc) is 2.70. The number of carbonyl (C=O) groups is 1. The minimum absolute atomic E-state index is 0.0271. The zero-order valence-electron chi connectivity index (χ0n) is 9.58. The fourth-order valence-electron chi connectivity index (χ4n) is 1.52. The van der Waals surface area contributed by atoms with E-state index in [0.29, 0.717) is 10.0 Å². The first kappa shape index (κ1) is 13.2. The highest BCUT2D eigenvalue weighted by molar-refractivity contribution is 9.10. The number of benzene rings is 1. The number of non-ortho nitro benzene ring substituents is 1. The quantitative estimate of drug-likeness (QED) is 0.686. The maximum atomic E-state index is 10.9. The fourth-order valence-corrected chi connectivity index (χ4v) is 2.00. The first-order chi connectivity index (χ1) is 8.88. The molecule has 0 aliphatic carbocycles. The van der Waals surface area contributed by atoms with Gasteiger partial charge in [-0.15, -0.1) is 0 Å². The number of aromatic carboxylic acids is 1. The number of aryl methyl sites for hydroxylation is 1. The molecule has 98 valence electrons. The van der Waals surface area contributed by atoms with Gasteiger partial charge in [0.25, 0.3) is 5.69 Å². The first-order valence-corrected chi connectivity index (χ1v) is 5.84. The second-order valence-corrected chi connectivity index (χ2v) is 4.61. The fraction of sp³-hybridized carbons (Fsp3) is 0.0909. The van der Waals surface area contributed by atoms with Crippen molar-refractivity contribution >= 4 is 27.6 Å². The maximum Gasteiger partial charge on any atom is 0.373 e. The van der Waals surface area contributed by atoms with Gasteiger partial charge in [0.05, 0.1) is 10.6 Å². The summed E-state index contributed by atoms with van der Waals surface area (Å²) in [6.45, 7) is 1.49. The Morgan fingerprint density at radius 1 is 1.47 bits per heavy atom. The molecule has 0 fully saturated rings. The number of hydrogen-bond donors (Lipinski definition) is 1. The van der Waals surface area contributed by atoms with Crippen LogP contribution in [0.5, 0.6) is 0 Å². The molecule has 0 saturated heterocycles. The summed E-state index contributed by atoms with van der Waals surface area (Å²) in [6, 6.07) is 4.16. The highest BCUT2D eigenvalue weighted by Crippen LogP contribution is 2.29. The molecule has 2 aromatic rings. The second kappa shape index (κ2) is 4.81. The number of nitro groups is 1. The number of aromatic nitrogens is 1. The van der Waals surface area contributed by atoms with Crippen LogP contribution in [0.15, 0.2) is 27.1 Å². The number of oxazole rings is 1. The number of nitro benzene ring substituents is 1. The minimum atomic E-state index is -1.24. The lowest BCUT2D eigenvalue weighted by Gasteiger charge is -1.98. The summed E-state index contributed by atoms with van der Waals surface area (Å²) >= 11 is 3.14. The number of hydrogen-bond acceptors (Lipinski definition) is 5. The van der Waals surface area contributed by atoms with Crippen molar-refractivity contribution in [2.24, 2.45) is 0 Å². The molecule has 0 amide bonds. The van der Waals surface area contributed by atoms with Crippen molar-refractivity contribution in [3.8, 4) is 11.5 Å². The Balaban J connectivity index is 2.55. The number of nitrogens with zero attached hydrogens (tertiary/aromatic N) is 2. The van der Waals surface area contributed by atoms with E-state index in [4.69, 9.17) is 9.52 Å². The molecular formula is C11H7BrN2O5. The molecule has 0 radical (unpaired) electrons. The molecule has 0 spiro atoms. The Bertz CT molecular complexity index is 680. The highest BCUT2D eigenvalue weighted by atomic mass is 79.9. The Kier molecular flexibility index (Phi) is 3.34. The largest absolute Gasteiger partial charge is 0.475 e. The molecule has 1 N–H and O–H groups in total. The molecule has 0 bridgehead atoms. The molecule has 19 heavy (non-hydrogen) atoms. The van der Waals surface area contributed by atoms with Crippen molar-refractivity contribution in [1.29, 1.82) is 0 Å². The van der Waals surface area contributed by atoms with Crippen molar-refractivity contribution in [2.75, 3.05) is 0 Å². The van der Waals surface area contributed by atoms with Gasteiger partial charge in [-0.3, -0.25) is 10.1 Å². The van der Waals surface area contributed by atoms with E-state index in [1.165, 1.54) is 19.1 Å². The Morgan fingerprint density at radius 3 is 2.68 bits per heavy atom. The predicted molar refractivity (Wildman–Crippen MR) is 68.0 cm³/mol.